The first-order chi connectivity index (χ1) is 10.1. The molecule has 3 aliphatic rings. The number of carboxylic acids is 1. The van der Waals surface area contributed by atoms with Crippen LogP contribution >= 0.6 is 0 Å². The predicted octanol–water partition coefficient (Wildman–Crippen LogP) is 1.05. The molecule has 6 heteroatoms. The minimum atomic E-state index is -1.04. The minimum absolute atomic E-state index is 0.126. The van der Waals surface area contributed by atoms with E-state index in [-0.39, 0.29) is 41.4 Å². The van der Waals surface area contributed by atoms with Crippen LogP contribution < -0.4 is 4.90 Å². The Bertz CT molecular complexity index is 625. The van der Waals surface area contributed by atoms with Crippen molar-refractivity contribution in [3.05, 3.63) is 29.8 Å². The molecule has 2 amide bonds. The van der Waals surface area contributed by atoms with Crippen molar-refractivity contribution in [2.45, 2.75) is 25.0 Å². The fourth-order valence-corrected chi connectivity index (χ4v) is 3.72. The van der Waals surface area contributed by atoms with E-state index < -0.39 is 5.97 Å². The van der Waals surface area contributed by atoms with Gasteiger partial charge in [0, 0.05) is 0 Å². The van der Waals surface area contributed by atoms with Gasteiger partial charge in [0.15, 0.2) is 0 Å². The van der Waals surface area contributed by atoms with Crippen LogP contribution in [-0.2, 0) is 14.3 Å². The SMILES string of the molecule is O=C(O)c1ccc(N2C(=O)[C@@H]3[C@H](C2=O)[C@@H]2CC[C@H]3O2)cc1. The van der Waals surface area contributed by atoms with Crippen LogP contribution in [-0.4, -0.2) is 35.1 Å². The van der Waals surface area contributed by atoms with Gasteiger partial charge in [-0.3, -0.25) is 9.59 Å². The molecule has 0 unspecified atom stereocenters. The van der Waals surface area contributed by atoms with E-state index in [1.54, 1.807) is 0 Å². The molecule has 3 heterocycles. The van der Waals surface area contributed by atoms with Gasteiger partial charge >= 0.3 is 5.97 Å². The highest BCUT2D eigenvalue weighted by molar-refractivity contribution is 6.22. The van der Waals surface area contributed by atoms with Crippen molar-refractivity contribution >= 4 is 23.5 Å². The maximum absolute atomic E-state index is 12.5. The number of hydrogen-bond acceptors (Lipinski definition) is 4. The fourth-order valence-electron chi connectivity index (χ4n) is 3.72. The van der Waals surface area contributed by atoms with Gasteiger partial charge in [-0.25, -0.2) is 9.69 Å². The van der Waals surface area contributed by atoms with E-state index in [0.29, 0.717) is 5.69 Å². The van der Waals surface area contributed by atoms with Crippen molar-refractivity contribution in [3.8, 4) is 0 Å². The lowest BCUT2D eigenvalue weighted by atomic mass is 9.81. The minimum Gasteiger partial charge on any atom is -0.478 e. The normalized spacial score (nSPS) is 33.6. The zero-order valence-corrected chi connectivity index (χ0v) is 11.1. The van der Waals surface area contributed by atoms with Crippen molar-refractivity contribution < 1.29 is 24.2 Å². The van der Waals surface area contributed by atoms with Gasteiger partial charge in [0.25, 0.3) is 0 Å². The Labute approximate surface area is 120 Å². The van der Waals surface area contributed by atoms with Gasteiger partial charge in [0.2, 0.25) is 11.8 Å². The van der Waals surface area contributed by atoms with E-state index in [1.165, 1.54) is 29.2 Å². The number of aromatic carboxylic acids is 1. The molecule has 21 heavy (non-hydrogen) atoms. The number of ether oxygens (including phenoxy) is 1. The number of carbonyl (C=O) groups is 3. The van der Waals surface area contributed by atoms with Crippen LogP contribution in [0.5, 0.6) is 0 Å². The zero-order valence-electron chi connectivity index (χ0n) is 11.1. The van der Waals surface area contributed by atoms with Gasteiger partial charge in [0.05, 0.1) is 35.3 Å². The van der Waals surface area contributed by atoms with Crippen molar-refractivity contribution in [2.75, 3.05) is 4.90 Å². The summed E-state index contributed by atoms with van der Waals surface area (Å²) in [5.41, 5.74) is 0.560. The average Bonchev–Trinajstić information content (AvgIpc) is 3.13. The van der Waals surface area contributed by atoms with Crippen LogP contribution in [0.15, 0.2) is 24.3 Å². The number of benzene rings is 1. The van der Waals surface area contributed by atoms with Crippen LogP contribution in [0.4, 0.5) is 5.69 Å². The summed E-state index contributed by atoms with van der Waals surface area (Å²) in [6.45, 7) is 0. The van der Waals surface area contributed by atoms with E-state index in [1.807, 2.05) is 0 Å². The molecule has 0 radical (unpaired) electrons. The first-order valence-electron chi connectivity index (χ1n) is 6.94. The molecule has 1 N–H and O–H groups in total. The monoisotopic (exact) mass is 287 g/mol. The number of carbonyl (C=O) groups excluding carboxylic acids is 2. The Hall–Kier alpha value is -2.21. The summed E-state index contributed by atoms with van der Waals surface area (Å²) >= 11 is 0. The number of fused-ring (bicyclic) bond motifs is 5. The molecule has 6 nitrogen and oxygen atoms in total. The molecule has 2 bridgehead atoms. The van der Waals surface area contributed by atoms with Crippen LogP contribution in [0.3, 0.4) is 0 Å². The molecule has 0 aromatic heterocycles. The topological polar surface area (TPSA) is 83.9 Å². The van der Waals surface area contributed by atoms with Gasteiger partial charge in [-0.1, -0.05) is 0 Å². The summed E-state index contributed by atoms with van der Waals surface area (Å²) < 4.78 is 5.67. The lowest BCUT2D eigenvalue weighted by Crippen LogP contribution is -2.34. The molecule has 108 valence electrons. The molecule has 0 spiro atoms. The molecule has 1 aromatic rings. The summed E-state index contributed by atoms with van der Waals surface area (Å²) in [7, 11) is 0. The van der Waals surface area contributed by atoms with Gasteiger partial charge in [-0.2, -0.15) is 0 Å². The third-order valence-electron chi connectivity index (χ3n) is 4.66. The first-order valence-corrected chi connectivity index (χ1v) is 6.94. The standard InChI is InChI=1S/C15H13NO5/c17-13-11-9-5-6-10(21-9)12(11)14(18)16(13)8-3-1-7(2-4-8)15(19)20/h1-4,9-12H,5-6H2,(H,19,20)/t9-,10+,11+,12-. The van der Waals surface area contributed by atoms with Gasteiger partial charge in [-0.15, -0.1) is 0 Å². The highest BCUT2D eigenvalue weighted by Gasteiger charge is 2.62. The number of anilines is 1. The molecule has 3 saturated heterocycles. The number of nitrogens with zero attached hydrogens (tertiary/aromatic N) is 1. The molecule has 0 saturated carbocycles. The summed E-state index contributed by atoms with van der Waals surface area (Å²) in [6.07, 6.45) is 1.38. The second-order valence-corrected chi connectivity index (χ2v) is 5.71. The van der Waals surface area contributed by atoms with E-state index in [9.17, 15) is 14.4 Å². The maximum Gasteiger partial charge on any atom is 0.335 e. The molecule has 1 aromatic carbocycles. The molecular weight excluding hydrogens is 274 g/mol. The Morgan fingerprint density at radius 3 is 2.05 bits per heavy atom. The molecular formula is C15H13NO5. The summed E-state index contributed by atoms with van der Waals surface area (Å²) in [5.74, 6) is -2.21. The fraction of sp³-hybridized carbons (Fsp3) is 0.400. The molecule has 3 aliphatic heterocycles. The zero-order chi connectivity index (χ0) is 14.7. The van der Waals surface area contributed by atoms with Crippen molar-refractivity contribution in [1.29, 1.82) is 0 Å². The number of amides is 2. The smallest absolute Gasteiger partial charge is 0.335 e. The van der Waals surface area contributed by atoms with Crippen molar-refractivity contribution in [3.63, 3.8) is 0 Å². The van der Waals surface area contributed by atoms with E-state index >= 15 is 0 Å². The average molecular weight is 287 g/mol. The molecule has 0 aliphatic carbocycles. The lowest BCUT2D eigenvalue weighted by Gasteiger charge is -2.17. The highest BCUT2D eigenvalue weighted by atomic mass is 16.5. The summed E-state index contributed by atoms with van der Waals surface area (Å²) in [4.78, 5) is 37.1. The van der Waals surface area contributed by atoms with E-state index in [2.05, 4.69) is 0 Å². The van der Waals surface area contributed by atoms with Crippen LogP contribution in [0.25, 0.3) is 0 Å². The number of imide groups is 1. The van der Waals surface area contributed by atoms with E-state index in [0.717, 1.165) is 12.8 Å². The lowest BCUT2D eigenvalue weighted by molar-refractivity contribution is -0.124. The Balaban J connectivity index is 1.68. The predicted molar refractivity (Wildman–Crippen MR) is 70.8 cm³/mol. The van der Waals surface area contributed by atoms with Crippen molar-refractivity contribution in [1.82, 2.24) is 0 Å². The van der Waals surface area contributed by atoms with Gasteiger partial charge < -0.3 is 9.84 Å². The molecule has 3 fully saturated rings. The third-order valence-corrected chi connectivity index (χ3v) is 4.66. The molecule has 4 rings (SSSR count). The van der Waals surface area contributed by atoms with Crippen LogP contribution in [0.2, 0.25) is 0 Å². The quantitative estimate of drug-likeness (QED) is 0.822. The largest absolute Gasteiger partial charge is 0.478 e. The van der Waals surface area contributed by atoms with Gasteiger partial charge in [-0.05, 0) is 37.1 Å². The van der Waals surface area contributed by atoms with Crippen molar-refractivity contribution in [2.24, 2.45) is 11.8 Å². The first kappa shape index (κ1) is 12.5. The maximum atomic E-state index is 12.5. The second kappa shape index (κ2) is 4.14. The van der Waals surface area contributed by atoms with Crippen LogP contribution in [0, 0.1) is 11.8 Å². The number of carboxylic acid groups (broad SMARTS) is 1. The number of hydrogen-bond donors (Lipinski definition) is 1. The van der Waals surface area contributed by atoms with Gasteiger partial charge in [0.1, 0.15) is 0 Å². The van der Waals surface area contributed by atoms with E-state index in [4.69, 9.17) is 9.84 Å². The van der Waals surface area contributed by atoms with Crippen LogP contribution in [0.1, 0.15) is 23.2 Å². The second-order valence-electron chi connectivity index (χ2n) is 5.71. The summed E-state index contributed by atoms with van der Waals surface area (Å²) in [6, 6.07) is 5.81. The molecule has 4 atom stereocenters. The Morgan fingerprint density at radius 2 is 1.57 bits per heavy atom. The summed E-state index contributed by atoms with van der Waals surface area (Å²) in [5, 5.41) is 8.89. The Kier molecular flexibility index (Phi) is 2.47. The number of rotatable bonds is 2. The highest BCUT2D eigenvalue weighted by Crippen LogP contribution is 2.49. The third kappa shape index (κ3) is 1.59. The Morgan fingerprint density at radius 1 is 1.05 bits per heavy atom.